The summed E-state index contributed by atoms with van der Waals surface area (Å²) in [5.74, 6) is 0. The van der Waals surface area contributed by atoms with Crippen LogP contribution >= 0.6 is 15.9 Å². The maximum atomic E-state index is 11.4. The van der Waals surface area contributed by atoms with Gasteiger partial charge in [0.05, 0.1) is 16.6 Å². The Bertz CT molecular complexity index is 442. The molecule has 0 saturated carbocycles. The van der Waals surface area contributed by atoms with E-state index in [0.717, 1.165) is 10.2 Å². The molecule has 1 aromatic heterocycles. The van der Waals surface area contributed by atoms with Crippen LogP contribution < -0.4 is 0 Å². The minimum Gasteiger partial charge on any atom is -0.384 e. The molecule has 1 heterocycles. The molecule has 0 radical (unpaired) electrons. The summed E-state index contributed by atoms with van der Waals surface area (Å²) in [5, 5.41) is 9.74. The third-order valence-electron chi connectivity index (χ3n) is 1.75. The Morgan fingerprint density at radius 2 is 1.93 bits per heavy atom. The van der Waals surface area contributed by atoms with Gasteiger partial charge in [0.25, 0.3) is 0 Å². The van der Waals surface area contributed by atoms with Crippen molar-refractivity contribution in [3.8, 4) is 0 Å². The topological polar surface area (TPSA) is 59.3 Å². The van der Waals surface area contributed by atoms with Gasteiger partial charge in [0.2, 0.25) is 10.0 Å². The van der Waals surface area contributed by atoms with Crippen LogP contribution in [0.2, 0.25) is 0 Å². The summed E-state index contributed by atoms with van der Waals surface area (Å²) in [4.78, 5) is 0. The third kappa shape index (κ3) is 2.18. The third-order valence-corrected chi connectivity index (χ3v) is 3.66. The standard InChI is InChI=1S/C8H12BrNO3S/c1-8(2,11)6-4-5-7(9)10(6)14(3,12)13/h4-5,11H,1-3H3. The van der Waals surface area contributed by atoms with Gasteiger partial charge >= 0.3 is 0 Å². The summed E-state index contributed by atoms with van der Waals surface area (Å²) in [6, 6.07) is 3.17. The van der Waals surface area contributed by atoms with Crippen LogP contribution in [0.5, 0.6) is 0 Å². The molecule has 0 atom stereocenters. The van der Waals surface area contributed by atoms with E-state index in [0.29, 0.717) is 10.3 Å². The first-order valence-corrected chi connectivity index (χ1v) is 6.59. The summed E-state index contributed by atoms with van der Waals surface area (Å²) in [6.07, 6.45) is 1.09. The molecule has 14 heavy (non-hydrogen) atoms. The molecule has 0 aliphatic heterocycles. The van der Waals surface area contributed by atoms with E-state index in [9.17, 15) is 13.5 Å². The SMILES string of the molecule is CC(C)(O)c1ccc(Br)n1S(C)(=O)=O. The number of hydrogen-bond acceptors (Lipinski definition) is 3. The minimum absolute atomic E-state index is 0.340. The van der Waals surface area contributed by atoms with Crippen molar-refractivity contribution in [3.05, 3.63) is 22.4 Å². The van der Waals surface area contributed by atoms with Crippen molar-refractivity contribution in [2.75, 3.05) is 6.26 Å². The van der Waals surface area contributed by atoms with Gasteiger partial charge in [-0.1, -0.05) is 0 Å². The summed E-state index contributed by atoms with van der Waals surface area (Å²) in [7, 11) is -3.39. The van der Waals surface area contributed by atoms with E-state index in [1.807, 2.05) is 0 Å². The Labute approximate surface area is 91.7 Å². The molecule has 6 heteroatoms. The normalized spacial score (nSPS) is 13.2. The number of rotatable bonds is 2. The summed E-state index contributed by atoms with van der Waals surface area (Å²) >= 11 is 3.12. The smallest absolute Gasteiger partial charge is 0.236 e. The fourth-order valence-electron chi connectivity index (χ4n) is 1.19. The van der Waals surface area contributed by atoms with Crippen LogP contribution in [0.4, 0.5) is 0 Å². The largest absolute Gasteiger partial charge is 0.384 e. The summed E-state index contributed by atoms with van der Waals surface area (Å²) < 4.78 is 24.3. The quantitative estimate of drug-likeness (QED) is 0.889. The molecule has 0 spiro atoms. The van der Waals surface area contributed by atoms with Gasteiger partial charge in [0, 0.05) is 0 Å². The lowest BCUT2D eigenvalue weighted by molar-refractivity contribution is 0.0729. The Morgan fingerprint density at radius 1 is 1.43 bits per heavy atom. The Kier molecular flexibility index (Phi) is 2.82. The number of hydrogen-bond donors (Lipinski definition) is 1. The van der Waals surface area contributed by atoms with Crippen LogP contribution in [0, 0.1) is 0 Å². The average Bonchev–Trinajstić information content (AvgIpc) is 2.27. The van der Waals surface area contributed by atoms with Crippen molar-refractivity contribution in [2.45, 2.75) is 19.4 Å². The number of halogens is 1. The maximum Gasteiger partial charge on any atom is 0.236 e. The molecular weight excluding hydrogens is 270 g/mol. The van der Waals surface area contributed by atoms with Gasteiger partial charge in [-0.05, 0) is 41.9 Å². The Morgan fingerprint density at radius 3 is 2.21 bits per heavy atom. The number of aliphatic hydroxyl groups is 1. The molecule has 0 fully saturated rings. The van der Waals surface area contributed by atoms with Crippen LogP contribution in [-0.4, -0.2) is 23.8 Å². The van der Waals surface area contributed by atoms with Crippen LogP contribution in [0.15, 0.2) is 16.7 Å². The molecular formula is C8H12BrNO3S. The highest BCUT2D eigenvalue weighted by atomic mass is 79.9. The first-order chi connectivity index (χ1) is 6.14. The van der Waals surface area contributed by atoms with Gasteiger partial charge in [-0.25, -0.2) is 12.4 Å². The molecule has 0 aromatic carbocycles. The summed E-state index contributed by atoms with van der Waals surface area (Å²) in [5.41, 5.74) is -0.846. The molecule has 4 nitrogen and oxygen atoms in total. The first kappa shape index (κ1) is 11.7. The molecule has 0 bridgehead atoms. The van der Waals surface area contributed by atoms with E-state index in [1.54, 1.807) is 12.1 Å². The summed E-state index contributed by atoms with van der Waals surface area (Å²) in [6.45, 7) is 3.08. The average molecular weight is 282 g/mol. The van der Waals surface area contributed by atoms with E-state index in [2.05, 4.69) is 15.9 Å². The predicted octanol–water partition coefficient (Wildman–Crippen LogP) is 1.29. The van der Waals surface area contributed by atoms with Crippen molar-refractivity contribution in [2.24, 2.45) is 0 Å². The molecule has 0 aliphatic carbocycles. The fourth-order valence-corrected chi connectivity index (χ4v) is 3.32. The molecule has 0 amide bonds. The van der Waals surface area contributed by atoms with Gasteiger partial charge < -0.3 is 5.11 Å². The van der Waals surface area contributed by atoms with Crippen molar-refractivity contribution in [1.82, 2.24) is 3.97 Å². The Balaban J connectivity index is 3.51. The molecule has 80 valence electrons. The monoisotopic (exact) mass is 281 g/mol. The molecule has 0 unspecified atom stereocenters. The second-order valence-corrected chi connectivity index (χ2v) is 6.27. The maximum absolute atomic E-state index is 11.4. The predicted molar refractivity (Wildman–Crippen MR) is 57.6 cm³/mol. The lowest BCUT2D eigenvalue weighted by atomic mass is 10.1. The van der Waals surface area contributed by atoms with Crippen molar-refractivity contribution < 1.29 is 13.5 Å². The van der Waals surface area contributed by atoms with E-state index >= 15 is 0 Å². The van der Waals surface area contributed by atoms with Crippen LogP contribution in [-0.2, 0) is 15.6 Å². The molecule has 1 aromatic rings. The number of nitrogens with zero attached hydrogens (tertiary/aromatic N) is 1. The van der Waals surface area contributed by atoms with E-state index in [4.69, 9.17) is 0 Å². The van der Waals surface area contributed by atoms with Gasteiger partial charge in [-0.15, -0.1) is 0 Å². The fraction of sp³-hybridized carbons (Fsp3) is 0.500. The first-order valence-electron chi connectivity index (χ1n) is 3.94. The molecule has 0 saturated heterocycles. The van der Waals surface area contributed by atoms with Crippen molar-refractivity contribution in [3.63, 3.8) is 0 Å². The second kappa shape index (κ2) is 3.36. The zero-order chi connectivity index (χ0) is 11.1. The molecule has 0 aliphatic rings. The lowest BCUT2D eigenvalue weighted by Crippen LogP contribution is -2.24. The lowest BCUT2D eigenvalue weighted by Gasteiger charge is -2.19. The zero-order valence-electron chi connectivity index (χ0n) is 8.15. The van der Waals surface area contributed by atoms with Crippen molar-refractivity contribution in [1.29, 1.82) is 0 Å². The van der Waals surface area contributed by atoms with E-state index in [-0.39, 0.29) is 0 Å². The minimum atomic E-state index is -3.39. The second-order valence-electron chi connectivity index (χ2n) is 3.63. The molecule has 1 N–H and O–H groups in total. The molecule has 1 rings (SSSR count). The van der Waals surface area contributed by atoms with Gasteiger partial charge in [-0.3, -0.25) is 0 Å². The van der Waals surface area contributed by atoms with Crippen LogP contribution in [0.25, 0.3) is 0 Å². The highest BCUT2D eigenvalue weighted by Crippen LogP contribution is 2.26. The van der Waals surface area contributed by atoms with Crippen LogP contribution in [0.1, 0.15) is 19.5 Å². The van der Waals surface area contributed by atoms with E-state index < -0.39 is 15.6 Å². The van der Waals surface area contributed by atoms with Crippen LogP contribution in [0.3, 0.4) is 0 Å². The van der Waals surface area contributed by atoms with Gasteiger partial charge in [0.15, 0.2) is 0 Å². The van der Waals surface area contributed by atoms with Gasteiger partial charge in [-0.2, -0.15) is 0 Å². The Hall–Kier alpha value is -0.330. The zero-order valence-corrected chi connectivity index (χ0v) is 10.6. The highest BCUT2D eigenvalue weighted by Gasteiger charge is 2.25. The van der Waals surface area contributed by atoms with E-state index in [1.165, 1.54) is 13.8 Å². The van der Waals surface area contributed by atoms with Crippen molar-refractivity contribution >= 4 is 26.0 Å². The highest BCUT2D eigenvalue weighted by molar-refractivity contribution is 9.10. The number of aromatic nitrogens is 1. The van der Waals surface area contributed by atoms with Gasteiger partial charge in [0.1, 0.15) is 5.60 Å².